The molecule has 6 nitrogen and oxygen atoms in total. The number of fused-ring (bicyclic) bond motifs is 1. The first-order chi connectivity index (χ1) is 14.2. The van der Waals surface area contributed by atoms with E-state index >= 15 is 0 Å². The van der Waals surface area contributed by atoms with Gasteiger partial charge in [-0.25, -0.2) is 0 Å². The summed E-state index contributed by atoms with van der Waals surface area (Å²) in [5.41, 5.74) is -1.69. The summed E-state index contributed by atoms with van der Waals surface area (Å²) in [5.74, 6) is -1.01. The fourth-order valence-electron chi connectivity index (χ4n) is 3.38. The number of amides is 2. The molecule has 3 aromatic rings. The number of carbonyl (C=O) groups is 2. The third-order valence-electron chi connectivity index (χ3n) is 4.82. The van der Waals surface area contributed by atoms with Crippen LogP contribution in [0.3, 0.4) is 0 Å². The molecular formula is C21H15F3N2O4. The predicted molar refractivity (Wildman–Crippen MR) is 103 cm³/mol. The lowest BCUT2D eigenvalue weighted by atomic mass is 10.0. The van der Waals surface area contributed by atoms with Crippen molar-refractivity contribution in [1.29, 1.82) is 0 Å². The molecule has 1 aromatic heterocycles. The Labute approximate surface area is 167 Å². The van der Waals surface area contributed by atoms with Gasteiger partial charge in [-0.05, 0) is 24.6 Å². The molecule has 30 heavy (non-hydrogen) atoms. The monoisotopic (exact) mass is 416 g/mol. The van der Waals surface area contributed by atoms with Crippen LogP contribution in [0.2, 0.25) is 0 Å². The van der Waals surface area contributed by atoms with Crippen LogP contribution in [0, 0.1) is 0 Å². The van der Waals surface area contributed by atoms with Crippen LogP contribution in [0.5, 0.6) is 0 Å². The van der Waals surface area contributed by atoms with Crippen LogP contribution < -0.4 is 16.1 Å². The third-order valence-corrected chi connectivity index (χ3v) is 4.82. The lowest BCUT2D eigenvalue weighted by Gasteiger charge is -2.14. The molecule has 0 bridgehead atoms. The highest BCUT2D eigenvalue weighted by molar-refractivity contribution is 6.03. The number of rotatable bonds is 3. The molecule has 2 amide bonds. The maximum absolute atomic E-state index is 13.4. The fourth-order valence-corrected chi connectivity index (χ4v) is 3.38. The van der Waals surface area contributed by atoms with E-state index < -0.39 is 29.1 Å². The number of para-hydroxylation sites is 1. The highest BCUT2D eigenvalue weighted by Crippen LogP contribution is 2.37. The van der Waals surface area contributed by atoms with E-state index in [4.69, 9.17) is 4.42 Å². The summed E-state index contributed by atoms with van der Waals surface area (Å²) in [6.45, 7) is 0. The molecule has 1 aliphatic rings. The number of anilines is 1. The van der Waals surface area contributed by atoms with E-state index in [1.165, 1.54) is 36.4 Å². The van der Waals surface area contributed by atoms with Gasteiger partial charge in [-0.2, -0.15) is 13.2 Å². The molecule has 0 radical (unpaired) electrons. The third kappa shape index (κ3) is 3.66. The minimum absolute atomic E-state index is 0.0466. The number of benzene rings is 2. The summed E-state index contributed by atoms with van der Waals surface area (Å²) in [7, 11) is 0. The Morgan fingerprint density at radius 1 is 1.10 bits per heavy atom. The first-order valence-electron chi connectivity index (χ1n) is 9.08. The van der Waals surface area contributed by atoms with E-state index in [0.717, 1.165) is 12.1 Å². The van der Waals surface area contributed by atoms with E-state index in [0.29, 0.717) is 6.42 Å². The Kier molecular flexibility index (Phi) is 4.81. The van der Waals surface area contributed by atoms with Crippen LogP contribution in [-0.2, 0) is 15.8 Å². The second kappa shape index (κ2) is 7.33. The zero-order valence-corrected chi connectivity index (χ0v) is 15.4. The molecule has 2 aromatic carbocycles. The van der Waals surface area contributed by atoms with Crippen LogP contribution in [0.25, 0.3) is 22.3 Å². The van der Waals surface area contributed by atoms with E-state index in [9.17, 15) is 27.6 Å². The van der Waals surface area contributed by atoms with Gasteiger partial charge in [0.15, 0.2) is 11.0 Å². The van der Waals surface area contributed by atoms with E-state index in [2.05, 4.69) is 10.6 Å². The van der Waals surface area contributed by atoms with Crippen molar-refractivity contribution in [3.63, 3.8) is 0 Å². The Bertz CT molecular complexity index is 1220. The van der Waals surface area contributed by atoms with Gasteiger partial charge in [0, 0.05) is 18.1 Å². The molecule has 0 aliphatic carbocycles. The van der Waals surface area contributed by atoms with Crippen molar-refractivity contribution in [2.75, 3.05) is 5.32 Å². The summed E-state index contributed by atoms with van der Waals surface area (Å²) in [4.78, 5) is 36.3. The van der Waals surface area contributed by atoms with Gasteiger partial charge in [0.1, 0.15) is 11.8 Å². The van der Waals surface area contributed by atoms with Crippen LogP contribution in [0.4, 0.5) is 18.9 Å². The van der Waals surface area contributed by atoms with Gasteiger partial charge in [-0.15, -0.1) is 0 Å². The Balaban J connectivity index is 1.81. The predicted octanol–water partition coefficient (Wildman–Crippen LogP) is 3.70. The maximum atomic E-state index is 13.4. The molecule has 2 heterocycles. The lowest BCUT2D eigenvalue weighted by molar-refractivity contribution is -0.137. The average Bonchev–Trinajstić information content (AvgIpc) is 3.14. The summed E-state index contributed by atoms with van der Waals surface area (Å²) in [5, 5.41) is 5.22. The fraction of sp³-hybridized carbons (Fsp3) is 0.190. The van der Waals surface area contributed by atoms with Crippen molar-refractivity contribution in [2.45, 2.75) is 25.1 Å². The van der Waals surface area contributed by atoms with Gasteiger partial charge < -0.3 is 15.1 Å². The van der Waals surface area contributed by atoms with Crippen LogP contribution in [0.1, 0.15) is 18.4 Å². The zero-order chi connectivity index (χ0) is 21.5. The Morgan fingerprint density at radius 2 is 1.87 bits per heavy atom. The van der Waals surface area contributed by atoms with Gasteiger partial charge in [0.05, 0.1) is 16.6 Å². The molecule has 154 valence electrons. The minimum Gasteiger partial charge on any atom is -0.454 e. The second-order valence-corrected chi connectivity index (χ2v) is 6.85. The standard InChI is InChI=1S/C21H15F3N2O4/c22-21(23,24)13-6-2-1-4-11(13)17-10-16(27)12-5-3-7-14(19(12)30-17)26-20(29)15-8-9-18(28)25-15/h1-7,10,15H,8-9H2,(H,25,28)(H,26,29). The number of nitrogens with one attached hydrogen (secondary N) is 2. The minimum atomic E-state index is -4.64. The summed E-state index contributed by atoms with van der Waals surface area (Å²) < 4.78 is 45.9. The molecule has 2 N–H and O–H groups in total. The normalized spacial score (nSPS) is 16.5. The van der Waals surface area contributed by atoms with Crippen molar-refractivity contribution in [3.8, 4) is 11.3 Å². The van der Waals surface area contributed by atoms with E-state index in [1.807, 2.05) is 0 Å². The SMILES string of the molecule is O=C1CCC(C(=O)Nc2cccc3c(=O)cc(-c4ccccc4C(F)(F)F)oc23)N1. The summed E-state index contributed by atoms with van der Waals surface area (Å²) in [6, 6.07) is 9.47. The molecule has 1 fully saturated rings. The quantitative estimate of drug-likeness (QED) is 0.682. The molecule has 0 spiro atoms. The highest BCUT2D eigenvalue weighted by atomic mass is 19.4. The largest absolute Gasteiger partial charge is 0.454 e. The first-order valence-corrected chi connectivity index (χ1v) is 9.08. The molecule has 1 saturated heterocycles. The van der Waals surface area contributed by atoms with Gasteiger partial charge in [0.25, 0.3) is 0 Å². The molecule has 1 unspecified atom stereocenters. The molecule has 1 atom stereocenters. The van der Waals surface area contributed by atoms with Crippen molar-refractivity contribution < 1.29 is 27.2 Å². The van der Waals surface area contributed by atoms with Crippen molar-refractivity contribution in [2.24, 2.45) is 0 Å². The number of hydrogen-bond donors (Lipinski definition) is 2. The van der Waals surface area contributed by atoms with Crippen molar-refractivity contribution in [1.82, 2.24) is 5.32 Å². The molecule has 0 saturated carbocycles. The smallest absolute Gasteiger partial charge is 0.417 e. The van der Waals surface area contributed by atoms with Crippen LogP contribution in [0.15, 0.2) is 57.7 Å². The van der Waals surface area contributed by atoms with Crippen LogP contribution in [-0.4, -0.2) is 17.9 Å². The van der Waals surface area contributed by atoms with E-state index in [-0.39, 0.29) is 40.3 Å². The average molecular weight is 416 g/mol. The van der Waals surface area contributed by atoms with Crippen LogP contribution >= 0.6 is 0 Å². The van der Waals surface area contributed by atoms with Gasteiger partial charge in [-0.1, -0.05) is 24.3 Å². The molecular weight excluding hydrogens is 401 g/mol. The maximum Gasteiger partial charge on any atom is 0.417 e. The zero-order valence-electron chi connectivity index (χ0n) is 15.4. The summed E-state index contributed by atoms with van der Waals surface area (Å²) in [6.07, 6.45) is -4.09. The number of halogens is 3. The van der Waals surface area contributed by atoms with Crippen molar-refractivity contribution >= 4 is 28.5 Å². The molecule has 1 aliphatic heterocycles. The lowest BCUT2D eigenvalue weighted by Crippen LogP contribution is -2.37. The second-order valence-electron chi connectivity index (χ2n) is 6.85. The summed E-state index contributed by atoms with van der Waals surface area (Å²) >= 11 is 0. The topological polar surface area (TPSA) is 88.4 Å². The molecule has 9 heteroatoms. The van der Waals surface area contributed by atoms with E-state index in [1.54, 1.807) is 0 Å². The molecule has 4 rings (SSSR count). The Morgan fingerprint density at radius 3 is 2.57 bits per heavy atom. The number of alkyl halides is 3. The van der Waals surface area contributed by atoms with Gasteiger partial charge in [0.2, 0.25) is 11.8 Å². The number of carbonyl (C=O) groups excluding carboxylic acids is 2. The van der Waals surface area contributed by atoms with Gasteiger partial charge in [-0.3, -0.25) is 14.4 Å². The number of hydrogen-bond acceptors (Lipinski definition) is 4. The first kappa shape index (κ1) is 19.7. The van der Waals surface area contributed by atoms with Gasteiger partial charge >= 0.3 is 6.18 Å². The highest BCUT2D eigenvalue weighted by Gasteiger charge is 2.34. The van der Waals surface area contributed by atoms with Crippen molar-refractivity contribution in [3.05, 3.63) is 64.3 Å². The Hall–Kier alpha value is -3.62.